The van der Waals surface area contributed by atoms with Gasteiger partial charge < -0.3 is 14.7 Å². The normalized spacial score (nSPS) is 24.4. The van der Waals surface area contributed by atoms with Crippen LogP contribution in [-0.4, -0.2) is 51.1 Å². The highest BCUT2D eigenvalue weighted by Crippen LogP contribution is 2.32. The molecule has 1 saturated heterocycles. The molecular weight excluding hydrogens is 457 g/mol. The van der Waals surface area contributed by atoms with Crippen molar-refractivity contribution in [2.75, 3.05) is 18.0 Å². The number of piperazine rings is 1. The third-order valence-corrected chi connectivity index (χ3v) is 7.89. The van der Waals surface area contributed by atoms with Gasteiger partial charge in [-0.25, -0.2) is 8.51 Å². The molecule has 1 aliphatic carbocycles. The average Bonchev–Trinajstić information content (AvgIpc) is 3.16. The number of hydrogen-bond donors (Lipinski definition) is 1. The van der Waals surface area contributed by atoms with E-state index in [1.807, 2.05) is 36.4 Å². The molecule has 10 heteroatoms. The van der Waals surface area contributed by atoms with E-state index >= 15 is 0 Å². The minimum atomic E-state index is -4.73. The minimum Gasteiger partial charge on any atom is -0.481 e. The summed E-state index contributed by atoms with van der Waals surface area (Å²) in [5.74, 6) is -1.52. The first-order chi connectivity index (χ1) is 15.5. The van der Waals surface area contributed by atoms with Gasteiger partial charge in [0.25, 0.3) is 0 Å². The van der Waals surface area contributed by atoms with E-state index < -0.39 is 29.2 Å². The fraction of sp³-hybridized carbons (Fsp3) is 0.435. The molecule has 4 unspecified atom stereocenters. The zero-order valence-corrected chi connectivity index (χ0v) is 19.0. The molecule has 1 fully saturated rings. The molecule has 4 rings (SSSR count). The maximum atomic E-state index is 13.4. The highest BCUT2D eigenvalue weighted by molar-refractivity contribution is 7.82. The molecule has 6 nitrogen and oxygen atoms in total. The van der Waals surface area contributed by atoms with E-state index in [4.69, 9.17) is 0 Å². The van der Waals surface area contributed by atoms with Gasteiger partial charge in [0, 0.05) is 30.9 Å². The van der Waals surface area contributed by atoms with Gasteiger partial charge in [0.05, 0.1) is 10.8 Å². The number of benzene rings is 2. The summed E-state index contributed by atoms with van der Waals surface area (Å²) < 4.78 is 56.5. The van der Waals surface area contributed by atoms with Crippen molar-refractivity contribution in [1.82, 2.24) is 4.31 Å². The third kappa shape index (κ3) is 5.16. The molecule has 2 aliphatic rings. The number of fused-ring (bicyclic) bond motifs is 1. The number of aliphatic carboxylic acids is 1. The van der Waals surface area contributed by atoms with Crippen molar-refractivity contribution < 1.29 is 32.0 Å². The number of anilines is 1. The summed E-state index contributed by atoms with van der Waals surface area (Å²) in [5, 5.41) is 9.29. The van der Waals surface area contributed by atoms with Crippen molar-refractivity contribution >= 4 is 22.6 Å². The Hall–Kier alpha value is -2.59. The van der Waals surface area contributed by atoms with Crippen LogP contribution in [-0.2, 0) is 28.6 Å². The molecule has 0 bridgehead atoms. The van der Waals surface area contributed by atoms with Crippen LogP contribution < -0.4 is 9.64 Å². The standard InChI is InChI=1S/C23H25F3N2O4S/c1-14-12-27(19-4-6-20(7-5-19)32-23(24,25)26)13-15(2)28(14)33(31)21-8-3-16-9-18(22(29)30)10-17(16)11-21/h3-8,11,14-15,18H,9-10,12-13H2,1-2H3,(H,29,30). The number of alkyl halides is 3. The van der Waals surface area contributed by atoms with Crippen molar-refractivity contribution in [1.29, 1.82) is 0 Å². The van der Waals surface area contributed by atoms with Gasteiger partial charge in [0.15, 0.2) is 0 Å². The van der Waals surface area contributed by atoms with Gasteiger partial charge in [-0.05, 0) is 74.2 Å². The first kappa shape index (κ1) is 23.6. The fourth-order valence-corrected chi connectivity index (χ4v) is 6.16. The average molecular weight is 483 g/mol. The second kappa shape index (κ2) is 8.98. The Balaban J connectivity index is 1.45. The molecule has 1 N–H and O–H groups in total. The Kier molecular flexibility index (Phi) is 6.41. The maximum Gasteiger partial charge on any atom is 0.573 e. The number of hydrogen-bond acceptors (Lipinski definition) is 4. The maximum absolute atomic E-state index is 13.4. The molecule has 2 aromatic carbocycles. The van der Waals surface area contributed by atoms with Crippen LogP contribution in [0.5, 0.6) is 5.75 Å². The van der Waals surface area contributed by atoms with Crippen molar-refractivity contribution in [2.45, 2.75) is 50.0 Å². The predicted octanol–water partition coefficient (Wildman–Crippen LogP) is 4.01. The van der Waals surface area contributed by atoms with Gasteiger partial charge in [-0.15, -0.1) is 13.2 Å². The second-order valence-corrected chi connectivity index (χ2v) is 10.0. The zero-order chi connectivity index (χ0) is 23.9. The summed E-state index contributed by atoms with van der Waals surface area (Å²) >= 11 is 0. The number of halogens is 3. The van der Waals surface area contributed by atoms with Crippen LogP contribution in [0, 0.1) is 5.92 Å². The highest BCUT2D eigenvalue weighted by Gasteiger charge is 2.35. The molecule has 0 saturated carbocycles. The van der Waals surface area contributed by atoms with E-state index in [0.717, 1.165) is 16.8 Å². The lowest BCUT2D eigenvalue weighted by molar-refractivity contribution is -0.274. The Labute approximate surface area is 192 Å². The van der Waals surface area contributed by atoms with Gasteiger partial charge in [-0.2, -0.15) is 0 Å². The molecular formula is C23H25F3N2O4S. The van der Waals surface area contributed by atoms with E-state index in [-0.39, 0.29) is 17.8 Å². The van der Waals surface area contributed by atoms with E-state index in [1.54, 1.807) is 12.1 Å². The lowest BCUT2D eigenvalue weighted by Gasteiger charge is -2.44. The summed E-state index contributed by atoms with van der Waals surface area (Å²) in [6, 6.07) is 11.1. The smallest absolute Gasteiger partial charge is 0.481 e. The topological polar surface area (TPSA) is 70.1 Å². The van der Waals surface area contributed by atoms with Crippen molar-refractivity contribution in [3.63, 3.8) is 0 Å². The highest BCUT2D eigenvalue weighted by atomic mass is 32.2. The van der Waals surface area contributed by atoms with Crippen molar-refractivity contribution in [2.24, 2.45) is 5.92 Å². The quantitative estimate of drug-likeness (QED) is 0.698. The molecule has 0 radical (unpaired) electrons. The van der Waals surface area contributed by atoms with Gasteiger partial charge in [-0.3, -0.25) is 4.79 Å². The van der Waals surface area contributed by atoms with E-state index in [0.29, 0.717) is 30.8 Å². The molecule has 178 valence electrons. The van der Waals surface area contributed by atoms with E-state index in [1.165, 1.54) is 12.1 Å². The SMILES string of the molecule is CC1CN(c2ccc(OC(F)(F)F)cc2)CC(C)N1S(=O)c1ccc2c(c1)CC(C(=O)O)C2. The van der Waals surface area contributed by atoms with Gasteiger partial charge in [-0.1, -0.05) is 6.07 Å². The lowest BCUT2D eigenvalue weighted by Crippen LogP contribution is -2.57. The van der Waals surface area contributed by atoms with Crippen LogP contribution in [0.25, 0.3) is 0 Å². The minimum absolute atomic E-state index is 0.0827. The number of carboxylic acid groups (broad SMARTS) is 1. The van der Waals surface area contributed by atoms with Crippen molar-refractivity contribution in [3.8, 4) is 5.75 Å². The molecule has 0 spiro atoms. The van der Waals surface area contributed by atoms with Crippen molar-refractivity contribution in [3.05, 3.63) is 53.6 Å². The molecule has 0 aromatic heterocycles. The molecule has 1 heterocycles. The number of carboxylic acids is 1. The molecule has 1 aliphatic heterocycles. The van der Waals surface area contributed by atoms with Crippen LogP contribution in [0.1, 0.15) is 25.0 Å². The van der Waals surface area contributed by atoms with Gasteiger partial charge in [0.2, 0.25) is 0 Å². The summed E-state index contributed by atoms with van der Waals surface area (Å²) in [6.45, 7) is 5.05. The molecule has 4 atom stereocenters. The first-order valence-electron chi connectivity index (χ1n) is 10.7. The van der Waals surface area contributed by atoms with Crippen LogP contribution >= 0.6 is 0 Å². The van der Waals surface area contributed by atoms with E-state index in [2.05, 4.69) is 9.64 Å². The number of nitrogens with zero attached hydrogens (tertiary/aromatic N) is 2. The molecule has 2 aromatic rings. The van der Waals surface area contributed by atoms with Gasteiger partial charge >= 0.3 is 12.3 Å². The fourth-order valence-electron chi connectivity index (χ4n) is 4.70. The van der Waals surface area contributed by atoms with Crippen LogP contribution in [0.4, 0.5) is 18.9 Å². The number of carbonyl (C=O) groups is 1. The van der Waals surface area contributed by atoms with Crippen LogP contribution in [0.15, 0.2) is 47.4 Å². The second-order valence-electron chi connectivity index (χ2n) is 8.63. The summed E-state index contributed by atoms with van der Waals surface area (Å²) in [4.78, 5) is 14.0. The van der Waals surface area contributed by atoms with E-state index in [9.17, 15) is 27.3 Å². The number of rotatable bonds is 5. The Morgan fingerprint density at radius 2 is 1.64 bits per heavy atom. The van der Waals surface area contributed by atoms with Crippen LogP contribution in [0.2, 0.25) is 0 Å². The Morgan fingerprint density at radius 1 is 1.03 bits per heavy atom. The lowest BCUT2D eigenvalue weighted by atomic mass is 10.1. The van der Waals surface area contributed by atoms with Crippen LogP contribution in [0.3, 0.4) is 0 Å². The molecule has 33 heavy (non-hydrogen) atoms. The predicted molar refractivity (Wildman–Crippen MR) is 117 cm³/mol. The summed E-state index contributed by atoms with van der Waals surface area (Å²) in [5.41, 5.74) is 2.70. The molecule has 0 amide bonds. The number of ether oxygens (including phenoxy) is 1. The summed E-state index contributed by atoms with van der Waals surface area (Å²) in [7, 11) is -1.42. The largest absolute Gasteiger partial charge is 0.573 e. The first-order valence-corrected chi connectivity index (χ1v) is 11.8. The summed E-state index contributed by atoms with van der Waals surface area (Å²) in [6.07, 6.45) is -3.79. The van der Waals surface area contributed by atoms with Gasteiger partial charge in [0.1, 0.15) is 16.7 Å². The Bertz CT molecular complexity index is 1050. The monoisotopic (exact) mass is 482 g/mol. The zero-order valence-electron chi connectivity index (χ0n) is 18.2. The third-order valence-electron chi connectivity index (χ3n) is 6.13. The Morgan fingerprint density at radius 3 is 2.21 bits per heavy atom.